The summed E-state index contributed by atoms with van der Waals surface area (Å²) in [6, 6.07) is 7.76. The number of hydrogen-bond acceptors (Lipinski definition) is 3. The lowest BCUT2D eigenvalue weighted by Crippen LogP contribution is -2.19. The molecule has 1 aliphatic rings. The van der Waals surface area contributed by atoms with Gasteiger partial charge in [0.15, 0.2) is 0 Å². The predicted molar refractivity (Wildman–Crippen MR) is 61.6 cm³/mol. The zero-order chi connectivity index (χ0) is 10.8. The fourth-order valence-corrected chi connectivity index (χ4v) is 2.02. The Kier molecular flexibility index (Phi) is 2.51. The van der Waals surface area contributed by atoms with Crippen LogP contribution in [0, 0.1) is 17.2 Å². The summed E-state index contributed by atoms with van der Waals surface area (Å²) in [5.41, 5.74) is 8.06. The van der Waals surface area contributed by atoms with Crippen LogP contribution in [0.25, 0.3) is 0 Å². The second-order valence-corrected chi connectivity index (χ2v) is 4.22. The van der Waals surface area contributed by atoms with Gasteiger partial charge in [0, 0.05) is 18.8 Å². The van der Waals surface area contributed by atoms with E-state index in [0.717, 1.165) is 24.7 Å². The third-order valence-corrected chi connectivity index (χ3v) is 2.94. The Morgan fingerprint density at radius 1 is 1.53 bits per heavy atom. The largest absolute Gasteiger partial charge is 0.398 e. The van der Waals surface area contributed by atoms with Crippen LogP contribution in [0.15, 0.2) is 18.2 Å². The molecule has 2 rings (SSSR count). The highest BCUT2D eigenvalue weighted by Gasteiger charge is 2.19. The number of hydrogen-bond donors (Lipinski definition) is 1. The molecule has 0 spiro atoms. The summed E-state index contributed by atoms with van der Waals surface area (Å²) < 4.78 is 0. The number of nitriles is 1. The average Bonchev–Trinajstić information content (AvgIpc) is 2.65. The highest BCUT2D eigenvalue weighted by molar-refractivity contribution is 5.63. The van der Waals surface area contributed by atoms with E-state index in [-0.39, 0.29) is 0 Å². The molecule has 15 heavy (non-hydrogen) atoms. The maximum Gasteiger partial charge on any atom is 0.101 e. The van der Waals surface area contributed by atoms with E-state index in [1.165, 1.54) is 6.42 Å². The highest BCUT2D eigenvalue weighted by atomic mass is 15.1. The molecule has 1 fully saturated rings. The van der Waals surface area contributed by atoms with E-state index in [2.05, 4.69) is 17.9 Å². The van der Waals surface area contributed by atoms with E-state index in [9.17, 15) is 0 Å². The van der Waals surface area contributed by atoms with Gasteiger partial charge in [0.1, 0.15) is 6.07 Å². The molecule has 78 valence electrons. The molecule has 1 aliphatic heterocycles. The monoisotopic (exact) mass is 201 g/mol. The second-order valence-electron chi connectivity index (χ2n) is 4.22. The number of nitrogens with zero attached hydrogens (tertiary/aromatic N) is 2. The lowest BCUT2D eigenvalue weighted by molar-refractivity contribution is 0.659. The van der Waals surface area contributed by atoms with Gasteiger partial charge in [-0.3, -0.25) is 0 Å². The Bertz CT molecular complexity index is 406. The molecule has 0 aromatic heterocycles. The first-order valence-electron chi connectivity index (χ1n) is 5.25. The van der Waals surface area contributed by atoms with E-state index < -0.39 is 0 Å². The summed E-state index contributed by atoms with van der Waals surface area (Å²) in [7, 11) is 0. The van der Waals surface area contributed by atoms with E-state index in [1.54, 1.807) is 6.07 Å². The van der Waals surface area contributed by atoms with Crippen molar-refractivity contribution < 1.29 is 0 Å². The van der Waals surface area contributed by atoms with Crippen molar-refractivity contribution in [2.45, 2.75) is 13.3 Å². The van der Waals surface area contributed by atoms with Crippen LogP contribution in [-0.2, 0) is 0 Å². The van der Waals surface area contributed by atoms with Gasteiger partial charge in [0.05, 0.1) is 11.3 Å². The fourth-order valence-electron chi connectivity index (χ4n) is 2.02. The Morgan fingerprint density at radius 3 is 2.87 bits per heavy atom. The molecule has 0 bridgehead atoms. The number of nitrogens with two attached hydrogens (primary N) is 1. The van der Waals surface area contributed by atoms with Crippen molar-refractivity contribution in [2.75, 3.05) is 23.7 Å². The SMILES string of the molecule is CC1CCN(c2ccc(C#N)c(N)c2)C1. The van der Waals surface area contributed by atoms with Gasteiger partial charge >= 0.3 is 0 Å². The summed E-state index contributed by atoms with van der Waals surface area (Å²) in [4.78, 5) is 2.32. The highest BCUT2D eigenvalue weighted by Crippen LogP contribution is 2.26. The normalized spacial score (nSPS) is 20.3. The molecule has 0 aliphatic carbocycles. The Morgan fingerprint density at radius 2 is 2.33 bits per heavy atom. The molecule has 1 aromatic rings. The van der Waals surface area contributed by atoms with Gasteiger partial charge in [-0.2, -0.15) is 5.26 Å². The predicted octanol–water partition coefficient (Wildman–Crippen LogP) is 1.99. The van der Waals surface area contributed by atoms with Crippen LogP contribution in [0.2, 0.25) is 0 Å². The molecule has 1 aromatic carbocycles. The van der Waals surface area contributed by atoms with Gasteiger partial charge < -0.3 is 10.6 Å². The first-order valence-corrected chi connectivity index (χ1v) is 5.25. The smallest absolute Gasteiger partial charge is 0.101 e. The van der Waals surface area contributed by atoms with E-state index in [0.29, 0.717) is 11.3 Å². The maximum atomic E-state index is 8.77. The second kappa shape index (κ2) is 3.82. The Balaban J connectivity index is 2.24. The minimum atomic E-state index is 0.561. The van der Waals surface area contributed by atoms with Crippen LogP contribution in [-0.4, -0.2) is 13.1 Å². The molecular weight excluding hydrogens is 186 g/mol. The minimum Gasteiger partial charge on any atom is -0.398 e. The lowest BCUT2D eigenvalue weighted by Gasteiger charge is -2.18. The number of benzene rings is 1. The topological polar surface area (TPSA) is 53.0 Å². The summed E-state index contributed by atoms with van der Waals surface area (Å²) >= 11 is 0. The maximum absolute atomic E-state index is 8.77. The summed E-state index contributed by atoms with van der Waals surface area (Å²) in [6.07, 6.45) is 1.24. The Hall–Kier alpha value is -1.69. The quantitative estimate of drug-likeness (QED) is 0.707. The molecule has 0 saturated carbocycles. The van der Waals surface area contributed by atoms with Crippen molar-refractivity contribution in [3.8, 4) is 6.07 Å². The van der Waals surface area contributed by atoms with Gasteiger partial charge in [0.2, 0.25) is 0 Å². The van der Waals surface area contributed by atoms with Crippen molar-refractivity contribution >= 4 is 11.4 Å². The number of rotatable bonds is 1. The van der Waals surface area contributed by atoms with Crippen LogP contribution in [0.5, 0.6) is 0 Å². The molecule has 1 saturated heterocycles. The van der Waals surface area contributed by atoms with E-state index in [1.807, 2.05) is 12.1 Å². The molecule has 2 N–H and O–H groups in total. The van der Waals surface area contributed by atoms with Gasteiger partial charge in [-0.05, 0) is 30.5 Å². The van der Waals surface area contributed by atoms with Crippen LogP contribution in [0.1, 0.15) is 18.9 Å². The van der Waals surface area contributed by atoms with Gasteiger partial charge in [-0.1, -0.05) is 6.92 Å². The van der Waals surface area contributed by atoms with Gasteiger partial charge in [-0.25, -0.2) is 0 Å². The summed E-state index contributed by atoms with van der Waals surface area (Å²) in [5.74, 6) is 0.752. The molecule has 1 unspecified atom stereocenters. The molecule has 1 atom stereocenters. The molecular formula is C12H15N3. The molecule has 3 heteroatoms. The molecule has 1 heterocycles. The van der Waals surface area contributed by atoms with Crippen molar-refractivity contribution in [2.24, 2.45) is 5.92 Å². The van der Waals surface area contributed by atoms with Crippen LogP contribution in [0.3, 0.4) is 0 Å². The number of anilines is 2. The lowest BCUT2D eigenvalue weighted by atomic mass is 10.1. The minimum absolute atomic E-state index is 0.561. The van der Waals surface area contributed by atoms with Crippen LogP contribution >= 0.6 is 0 Å². The zero-order valence-corrected chi connectivity index (χ0v) is 8.90. The first kappa shape index (κ1) is 9.85. The van der Waals surface area contributed by atoms with Crippen LogP contribution in [0.4, 0.5) is 11.4 Å². The summed E-state index contributed by atoms with van der Waals surface area (Å²) in [5, 5.41) is 8.77. The van der Waals surface area contributed by atoms with E-state index in [4.69, 9.17) is 11.0 Å². The molecule has 0 amide bonds. The zero-order valence-electron chi connectivity index (χ0n) is 8.90. The molecule has 0 radical (unpaired) electrons. The third kappa shape index (κ3) is 1.89. The fraction of sp³-hybridized carbons (Fsp3) is 0.417. The standard InChI is InChI=1S/C12H15N3/c1-9-4-5-15(8-9)11-3-2-10(7-13)12(14)6-11/h2-3,6,9H,4-5,8,14H2,1H3. The van der Waals surface area contributed by atoms with Gasteiger partial charge in [-0.15, -0.1) is 0 Å². The summed E-state index contributed by atoms with van der Waals surface area (Å²) in [6.45, 7) is 4.44. The van der Waals surface area contributed by atoms with Crippen molar-refractivity contribution in [3.05, 3.63) is 23.8 Å². The first-order chi connectivity index (χ1) is 7.20. The van der Waals surface area contributed by atoms with Gasteiger partial charge in [0.25, 0.3) is 0 Å². The van der Waals surface area contributed by atoms with E-state index >= 15 is 0 Å². The van der Waals surface area contributed by atoms with Crippen molar-refractivity contribution in [1.29, 1.82) is 5.26 Å². The average molecular weight is 201 g/mol. The van der Waals surface area contributed by atoms with Crippen molar-refractivity contribution in [1.82, 2.24) is 0 Å². The van der Waals surface area contributed by atoms with Crippen LogP contribution < -0.4 is 10.6 Å². The van der Waals surface area contributed by atoms with Crippen molar-refractivity contribution in [3.63, 3.8) is 0 Å². The third-order valence-electron chi connectivity index (χ3n) is 2.94. The molecule has 3 nitrogen and oxygen atoms in total. The number of nitrogen functional groups attached to an aromatic ring is 1. The Labute approximate surface area is 90.1 Å².